The van der Waals surface area contributed by atoms with Crippen LogP contribution in [0.25, 0.3) is 0 Å². The SMILES string of the molecule is O=C(O)c1cc2c(o1)CNCC2O. The number of carboxylic acids is 1. The highest BCUT2D eigenvalue weighted by Crippen LogP contribution is 2.25. The first-order chi connectivity index (χ1) is 6.18. The Kier molecular flexibility index (Phi) is 1.82. The van der Waals surface area contributed by atoms with Gasteiger partial charge < -0.3 is 19.9 Å². The van der Waals surface area contributed by atoms with E-state index in [1.54, 1.807) is 0 Å². The van der Waals surface area contributed by atoms with Crippen LogP contribution in [-0.4, -0.2) is 22.7 Å². The number of hydrogen-bond donors (Lipinski definition) is 3. The van der Waals surface area contributed by atoms with Crippen LogP contribution in [0, 0.1) is 0 Å². The van der Waals surface area contributed by atoms with E-state index in [0.29, 0.717) is 24.4 Å². The molecule has 5 nitrogen and oxygen atoms in total. The molecule has 1 aliphatic rings. The molecule has 2 heterocycles. The molecule has 0 aromatic carbocycles. The maximum Gasteiger partial charge on any atom is 0.371 e. The van der Waals surface area contributed by atoms with Gasteiger partial charge >= 0.3 is 5.97 Å². The van der Waals surface area contributed by atoms with E-state index in [0.717, 1.165) is 0 Å². The summed E-state index contributed by atoms with van der Waals surface area (Å²) in [5, 5.41) is 21.0. The number of hydrogen-bond acceptors (Lipinski definition) is 4. The summed E-state index contributed by atoms with van der Waals surface area (Å²) in [6.45, 7) is 0.908. The molecule has 0 saturated heterocycles. The van der Waals surface area contributed by atoms with Gasteiger partial charge in [-0.05, 0) is 6.07 Å². The lowest BCUT2D eigenvalue weighted by atomic mass is 10.1. The summed E-state index contributed by atoms with van der Waals surface area (Å²) in [4.78, 5) is 10.5. The molecule has 1 aromatic rings. The number of β-amino-alcohol motifs (C(OH)–C–C–N with tert-alkyl or cyclic N) is 1. The van der Waals surface area contributed by atoms with Crippen LogP contribution in [0.15, 0.2) is 10.5 Å². The Morgan fingerprint density at radius 2 is 2.46 bits per heavy atom. The van der Waals surface area contributed by atoms with Gasteiger partial charge in [-0.15, -0.1) is 0 Å². The van der Waals surface area contributed by atoms with Crippen molar-refractivity contribution in [1.29, 1.82) is 0 Å². The number of carbonyl (C=O) groups is 1. The summed E-state index contributed by atoms with van der Waals surface area (Å²) < 4.78 is 5.02. The summed E-state index contributed by atoms with van der Waals surface area (Å²) in [5.41, 5.74) is 0.580. The minimum atomic E-state index is -1.11. The van der Waals surface area contributed by atoms with Crippen molar-refractivity contribution in [1.82, 2.24) is 5.32 Å². The predicted molar refractivity (Wildman–Crippen MR) is 42.3 cm³/mol. The van der Waals surface area contributed by atoms with Gasteiger partial charge in [0.2, 0.25) is 5.76 Å². The normalized spacial score (nSPS) is 21.2. The van der Waals surface area contributed by atoms with Gasteiger partial charge in [0.25, 0.3) is 0 Å². The second kappa shape index (κ2) is 2.86. The number of rotatable bonds is 1. The molecule has 3 N–H and O–H groups in total. The van der Waals surface area contributed by atoms with Gasteiger partial charge in [-0.1, -0.05) is 0 Å². The molecule has 0 saturated carbocycles. The molecule has 1 atom stereocenters. The monoisotopic (exact) mass is 183 g/mol. The maximum absolute atomic E-state index is 10.5. The average molecular weight is 183 g/mol. The van der Waals surface area contributed by atoms with Crippen molar-refractivity contribution in [3.63, 3.8) is 0 Å². The molecule has 1 aromatic heterocycles. The van der Waals surface area contributed by atoms with Crippen LogP contribution in [0.2, 0.25) is 0 Å². The van der Waals surface area contributed by atoms with Crippen LogP contribution in [-0.2, 0) is 6.54 Å². The topological polar surface area (TPSA) is 82.7 Å². The Labute approximate surface area is 74.0 Å². The van der Waals surface area contributed by atoms with Crippen LogP contribution in [0.5, 0.6) is 0 Å². The van der Waals surface area contributed by atoms with Crippen molar-refractivity contribution in [2.75, 3.05) is 6.54 Å². The molecule has 5 heteroatoms. The van der Waals surface area contributed by atoms with Crippen LogP contribution in [0.4, 0.5) is 0 Å². The van der Waals surface area contributed by atoms with E-state index in [2.05, 4.69) is 5.32 Å². The first kappa shape index (κ1) is 8.28. The molecule has 0 fully saturated rings. The standard InChI is InChI=1S/C8H9NO4/c10-5-2-9-3-7-4(5)1-6(13-7)8(11)12/h1,5,9-10H,2-3H2,(H,11,12). The zero-order chi connectivity index (χ0) is 9.42. The number of carboxylic acid groups (broad SMARTS) is 1. The second-order valence-corrected chi connectivity index (χ2v) is 2.94. The number of fused-ring (bicyclic) bond motifs is 1. The van der Waals surface area contributed by atoms with Gasteiger partial charge in [0.05, 0.1) is 12.6 Å². The van der Waals surface area contributed by atoms with E-state index in [4.69, 9.17) is 9.52 Å². The molecular weight excluding hydrogens is 174 g/mol. The van der Waals surface area contributed by atoms with Gasteiger partial charge in [-0.3, -0.25) is 0 Å². The van der Waals surface area contributed by atoms with Gasteiger partial charge in [-0.25, -0.2) is 4.79 Å². The van der Waals surface area contributed by atoms with Gasteiger partial charge in [0, 0.05) is 12.1 Å². The summed E-state index contributed by atoms with van der Waals surface area (Å²) in [5.74, 6) is -0.717. The third-order valence-corrected chi connectivity index (χ3v) is 2.03. The Hall–Kier alpha value is -1.33. The lowest BCUT2D eigenvalue weighted by Gasteiger charge is -2.16. The fourth-order valence-corrected chi connectivity index (χ4v) is 1.40. The molecule has 0 aliphatic carbocycles. The van der Waals surface area contributed by atoms with Crippen molar-refractivity contribution >= 4 is 5.97 Å². The Bertz CT molecular complexity index is 344. The zero-order valence-corrected chi connectivity index (χ0v) is 6.78. The van der Waals surface area contributed by atoms with Crippen molar-refractivity contribution in [3.05, 3.63) is 23.2 Å². The summed E-state index contributed by atoms with van der Waals surface area (Å²) in [7, 11) is 0. The minimum Gasteiger partial charge on any atom is -0.475 e. The predicted octanol–water partition coefficient (Wildman–Crippen LogP) is 0.114. The number of furan rings is 1. The molecular formula is C8H9NO4. The highest BCUT2D eigenvalue weighted by atomic mass is 16.4. The lowest BCUT2D eigenvalue weighted by Crippen LogP contribution is -2.26. The van der Waals surface area contributed by atoms with E-state index < -0.39 is 12.1 Å². The largest absolute Gasteiger partial charge is 0.475 e. The molecule has 1 aliphatic heterocycles. The first-order valence-electron chi connectivity index (χ1n) is 3.93. The van der Waals surface area contributed by atoms with Gasteiger partial charge in [0.1, 0.15) is 5.76 Å². The highest BCUT2D eigenvalue weighted by Gasteiger charge is 2.24. The first-order valence-corrected chi connectivity index (χ1v) is 3.93. The van der Waals surface area contributed by atoms with Gasteiger partial charge in [0.15, 0.2) is 0 Å². The summed E-state index contributed by atoms with van der Waals surface area (Å²) >= 11 is 0. The Balaban J connectivity index is 2.42. The summed E-state index contributed by atoms with van der Waals surface area (Å²) in [6.07, 6.45) is -0.666. The molecule has 2 rings (SSSR count). The van der Waals surface area contributed by atoms with Gasteiger partial charge in [-0.2, -0.15) is 0 Å². The van der Waals surface area contributed by atoms with E-state index >= 15 is 0 Å². The average Bonchev–Trinajstić information content (AvgIpc) is 2.49. The Morgan fingerprint density at radius 1 is 1.69 bits per heavy atom. The fourth-order valence-electron chi connectivity index (χ4n) is 1.40. The van der Waals surface area contributed by atoms with Crippen molar-refractivity contribution < 1.29 is 19.4 Å². The van der Waals surface area contributed by atoms with Crippen LogP contribution >= 0.6 is 0 Å². The third kappa shape index (κ3) is 1.32. The maximum atomic E-state index is 10.5. The molecule has 0 amide bonds. The van der Waals surface area contributed by atoms with Crippen LogP contribution in [0.3, 0.4) is 0 Å². The molecule has 1 unspecified atom stereocenters. The van der Waals surface area contributed by atoms with Crippen molar-refractivity contribution in [2.45, 2.75) is 12.6 Å². The molecule has 0 spiro atoms. The molecule has 0 radical (unpaired) electrons. The second-order valence-electron chi connectivity index (χ2n) is 2.94. The number of aromatic carboxylic acids is 1. The zero-order valence-electron chi connectivity index (χ0n) is 6.78. The van der Waals surface area contributed by atoms with E-state index in [9.17, 15) is 9.90 Å². The van der Waals surface area contributed by atoms with Crippen LogP contribution in [0.1, 0.15) is 28.0 Å². The van der Waals surface area contributed by atoms with E-state index in [1.807, 2.05) is 0 Å². The number of nitrogens with one attached hydrogen (secondary N) is 1. The molecule has 0 bridgehead atoms. The van der Waals surface area contributed by atoms with Crippen molar-refractivity contribution in [2.24, 2.45) is 0 Å². The third-order valence-electron chi connectivity index (χ3n) is 2.03. The quantitative estimate of drug-likeness (QED) is 0.575. The highest BCUT2D eigenvalue weighted by molar-refractivity contribution is 5.84. The van der Waals surface area contributed by atoms with E-state index in [-0.39, 0.29) is 5.76 Å². The molecule has 13 heavy (non-hydrogen) atoms. The smallest absolute Gasteiger partial charge is 0.371 e. The fraction of sp³-hybridized carbons (Fsp3) is 0.375. The van der Waals surface area contributed by atoms with E-state index in [1.165, 1.54) is 6.07 Å². The lowest BCUT2D eigenvalue weighted by molar-refractivity contribution is 0.0659. The minimum absolute atomic E-state index is 0.118. The number of aliphatic hydroxyl groups excluding tert-OH is 1. The molecule has 70 valence electrons. The van der Waals surface area contributed by atoms with Crippen molar-refractivity contribution in [3.8, 4) is 0 Å². The number of aliphatic hydroxyl groups is 1. The van der Waals surface area contributed by atoms with Crippen LogP contribution < -0.4 is 5.32 Å². The Morgan fingerprint density at radius 3 is 3.08 bits per heavy atom. The summed E-state index contributed by atoms with van der Waals surface area (Å²) in [6, 6.07) is 1.38.